The van der Waals surface area contributed by atoms with Gasteiger partial charge < -0.3 is 9.84 Å². The molecule has 130 valence electrons. The van der Waals surface area contributed by atoms with Crippen molar-refractivity contribution < 1.29 is 24.4 Å². The van der Waals surface area contributed by atoms with Gasteiger partial charge in [-0.15, -0.1) is 0 Å². The first kappa shape index (κ1) is 16.2. The molecule has 0 spiro atoms. The lowest BCUT2D eigenvalue weighted by Crippen LogP contribution is -2.43. The smallest absolute Gasteiger partial charge is 0.294 e. The van der Waals surface area contributed by atoms with Crippen LogP contribution in [0.1, 0.15) is 6.92 Å². The van der Waals surface area contributed by atoms with Crippen LogP contribution in [0, 0.1) is 22.0 Å². The molecule has 0 saturated carbocycles. The highest BCUT2D eigenvalue weighted by Gasteiger charge is 2.72. The maximum Gasteiger partial charge on any atom is 0.294 e. The van der Waals surface area contributed by atoms with Crippen LogP contribution in [-0.4, -0.2) is 39.7 Å². The van der Waals surface area contributed by atoms with Crippen LogP contribution in [0.4, 0.5) is 11.4 Å². The Bertz CT molecular complexity index is 870. The number of benzene rings is 1. The number of anilines is 1. The Balaban J connectivity index is 1.85. The van der Waals surface area contributed by atoms with E-state index in [1.54, 1.807) is 19.1 Å². The highest BCUT2D eigenvalue weighted by molar-refractivity contribution is 6.31. The average Bonchev–Trinajstić information content (AvgIpc) is 3.14. The fraction of sp³-hybridized carbons (Fsp3) is 0.375. The zero-order valence-corrected chi connectivity index (χ0v) is 13.8. The molecule has 3 heterocycles. The van der Waals surface area contributed by atoms with Gasteiger partial charge in [-0.05, 0) is 19.1 Å². The van der Waals surface area contributed by atoms with Gasteiger partial charge in [0.15, 0.2) is 0 Å². The van der Waals surface area contributed by atoms with Gasteiger partial charge in [-0.2, -0.15) is 0 Å². The first-order valence-electron chi connectivity index (χ1n) is 7.57. The molecule has 0 aliphatic carbocycles. The SMILES string of the molecule is C[C@@]12C=C[C@@](CO)(O1)[C@@H]1C(=O)N(c3ccc(Cl)cc3[N+](=O)[O-])C(=O)[C@H]12. The van der Waals surface area contributed by atoms with Crippen LogP contribution in [0.25, 0.3) is 0 Å². The Morgan fingerprint density at radius 1 is 1.32 bits per heavy atom. The number of hydrogen-bond donors (Lipinski definition) is 1. The number of rotatable bonds is 3. The van der Waals surface area contributed by atoms with Crippen molar-refractivity contribution >= 4 is 34.8 Å². The highest BCUT2D eigenvalue weighted by atomic mass is 35.5. The summed E-state index contributed by atoms with van der Waals surface area (Å²) >= 11 is 5.80. The summed E-state index contributed by atoms with van der Waals surface area (Å²) in [6.07, 6.45) is 3.26. The first-order chi connectivity index (χ1) is 11.7. The molecule has 2 saturated heterocycles. The van der Waals surface area contributed by atoms with Crippen molar-refractivity contribution in [3.63, 3.8) is 0 Å². The van der Waals surface area contributed by atoms with E-state index in [-0.39, 0.29) is 10.7 Å². The van der Waals surface area contributed by atoms with E-state index >= 15 is 0 Å². The maximum absolute atomic E-state index is 13.0. The molecule has 1 aromatic rings. The molecule has 4 atom stereocenters. The largest absolute Gasteiger partial charge is 0.393 e. The van der Waals surface area contributed by atoms with Gasteiger partial charge in [-0.25, -0.2) is 4.90 Å². The van der Waals surface area contributed by atoms with E-state index < -0.39 is 52.1 Å². The highest BCUT2D eigenvalue weighted by Crippen LogP contribution is 2.58. The molecule has 0 unspecified atom stereocenters. The third-order valence-electron chi connectivity index (χ3n) is 5.18. The number of fused-ring (bicyclic) bond motifs is 5. The summed E-state index contributed by atoms with van der Waals surface area (Å²) in [5.74, 6) is -2.96. The Kier molecular flexibility index (Phi) is 3.16. The molecule has 2 fully saturated rings. The predicted octanol–water partition coefficient (Wildman–Crippen LogP) is 1.44. The first-order valence-corrected chi connectivity index (χ1v) is 7.95. The van der Waals surface area contributed by atoms with Gasteiger partial charge in [0.1, 0.15) is 11.3 Å². The molecule has 0 aromatic heterocycles. The summed E-state index contributed by atoms with van der Waals surface area (Å²) in [4.78, 5) is 37.4. The number of nitrogens with zero attached hydrogens (tertiary/aromatic N) is 2. The minimum absolute atomic E-state index is 0.124. The van der Waals surface area contributed by atoms with Crippen molar-refractivity contribution in [2.24, 2.45) is 11.8 Å². The second-order valence-corrected chi connectivity index (χ2v) is 7.03. The van der Waals surface area contributed by atoms with Crippen molar-refractivity contribution in [1.29, 1.82) is 0 Å². The van der Waals surface area contributed by atoms with E-state index in [9.17, 15) is 24.8 Å². The molecule has 8 nitrogen and oxygen atoms in total. The van der Waals surface area contributed by atoms with Crippen LogP contribution in [0.5, 0.6) is 0 Å². The van der Waals surface area contributed by atoms with Crippen molar-refractivity contribution in [3.8, 4) is 0 Å². The summed E-state index contributed by atoms with van der Waals surface area (Å²) in [7, 11) is 0. The van der Waals surface area contributed by atoms with E-state index in [2.05, 4.69) is 0 Å². The summed E-state index contributed by atoms with van der Waals surface area (Å²) in [5.41, 5.74) is -2.87. The predicted molar refractivity (Wildman–Crippen MR) is 86.0 cm³/mol. The van der Waals surface area contributed by atoms with Gasteiger partial charge in [-0.3, -0.25) is 19.7 Å². The molecule has 0 radical (unpaired) electrons. The fourth-order valence-corrected chi connectivity index (χ4v) is 4.28. The van der Waals surface area contributed by atoms with E-state index in [4.69, 9.17) is 16.3 Å². The van der Waals surface area contributed by atoms with Crippen molar-refractivity contribution in [2.75, 3.05) is 11.5 Å². The summed E-state index contributed by atoms with van der Waals surface area (Å²) in [6.45, 7) is 1.20. The Hall–Kier alpha value is -2.29. The van der Waals surface area contributed by atoms with E-state index in [1.807, 2.05) is 0 Å². The van der Waals surface area contributed by atoms with Crippen LogP contribution < -0.4 is 4.90 Å². The molecule has 25 heavy (non-hydrogen) atoms. The van der Waals surface area contributed by atoms with Gasteiger partial charge in [0, 0.05) is 11.1 Å². The number of ether oxygens (including phenoxy) is 1. The van der Waals surface area contributed by atoms with Gasteiger partial charge >= 0.3 is 0 Å². The number of amides is 2. The molecular weight excluding hydrogens is 352 g/mol. The standard InChI is InChI=1S/C16H13ClN2O6/c1-15-4-5-16(7-20,25-15)12-11(15)13(21)18(14(12)22)9-3-2-8(17)6-10(9)19(23)24/h2-6,11-12,20H,7H2,1H3/t11-,12-,15-,16-/m0/s1. The molecule has 1 aromatic carbocycles. The third kappa shape index (κ3) is 1.90. The van der Waals surface area contributed by atoms with E-state index in [0.29, 0.717) is 0 Å². The van der Waals surface area contributed by atoms with Gasteiger partial charge in [0.05, 0.1) is 29.0 Å². The lowest BCUT2D eigenvalue weighted by molar-refractivity contribution is -0.384. The zero-order valence-electron chi connectivity index (χ0n) is 13.0. The van der Waals surface area contributed by atoms with Crippen LogP contribution in [0.2, 0.25) is 5.02 Å². The zero-order chi connectivity index (χ0) is 18.1. The summed E-state index contributed by atoms with van der Waals surface area (Å²) in [5, 5.41) is 21.2. The number of imide groups is 1. The minimum atomic E-state index is -1.28. The number of hydrogen-bond acceptors (Lipinski definition) is 6. The second-order valence-electron chi connectivity index (χ2n) is 6.59. The normalized spacial score (nSPS) is 35.6. The molecule has 2 bridgehead atoms. The van der Waals surface area contributed by atoms with Gasteiger partial charge in [0.25, 0.3) is 5.69 Å². The van der Waals surface area contributed by atoms with Crippen molar-refractivity contribution in [1.82, 2.24) is 0 Å². The van der Waals surface area contributed by atoms with Gasteiger partial charge in [0.2, 0.25) is 11.8 Å². The number of aliphatic hydroxyl groups is 1. The summed E-state index contributed by atoms with van der Waals surface area (Å²) in [6, 6.07) is 3.76. The number of carbonyl (C=O) groups is 2. The quantitative estimate of drug-likeness (QED) is 0.376. The Labute approximate surface area is 146 Å². The molecular formula is C16H13ClN2O6. The second kappa shape index (κ2) is 4.87. The monoisotopic (exact) mass is 364 g/mol. The topological polar surface area (TPSA) is 110 Å². The Morgan fingerprint density at radius 3 is 2.64 bits per heavy atom. The minimum Gasteiger partial charge on any atom is -0.393 e. The molecule has 9 heteroatoms. The molecule has 2 amide bonds. The van der Waals surface area contributed by atoms with Crippen molar-refractivity contribution in [2.45, 2.75) is 18.1 Å². The van der Waals surface area contributed by atoms with Crippen molar-refractivity contribution in [3.05, 3.63) is 45.5 Å². The number of aliphatic hydroxyl groups excluding tert-OH is 1. The number of halogens is 1. The number of nitro benzene ring substituents is 1. The van der Waals surface area contributed by atoms with Crippen LogP contribution >= 0.6 is 11.6 Å². The molecule has 1 N–H and O–H groups in total. The number of carbonyl (C=O) groups excluding carboxylic acids is 2. The van der Waals surface area contributed by atoms with Crippen LogP contribution in [0.3, 0.4) is 0 Å². The molecule has 3 aliphatic heterocycles. The van der Waals surface area contributed by atoms with E-state index in [1.165, 1.54) is 12.1 Å². The van der Waals surface area contributed by atoms with Crippen LogP contribution in [0.15, 0.2) is 30.4 Å². The fourth-order valence-electron chi connectivity index (χ4n) is 4.11. The van der Waals surface area contributed by atoms with E-state index in [0.717, 1.165) is 11.0 Å². The lowest BCUT2D eigenvalue weighted by atomic mass is 9.73. The average molecular weight is 365 g/mol. The number of nitro groups is 1. The van der Waals surface area contributed by atoms with Crippen LogP contribution in [-0.2, 0) is 14.3 Å². The van der Waals surface area contributed by atoms with Gasteiger partial charge in [-0.1, -0.05) is 23.8 Å². The Morgan fingerprint density at radius 2 is 2.00 bits per heavy atom. The lowest BCUT2D eigenvalue weighted by Gasteiger charge is -2.26. The maximum atomic E-state index is 13.0. The molecule has 4 rings (SSSR count). The summed E-state index contributed by atoms with van der Waals surface area (Å²) < 4.78 is 5.80. The molecule has 3 aliphatic rings. The third-order valence-corrected chi connectivity index (χ3v) is 5.41.